The van der Waals surface area contributed by atoms with Crippen molar-refractivity contribution < 1.29 is 0 Å². The van der Waals surface area contributed by atoms with Gasteiger partial charge in [-0.05, 0) is 38.3 Å². The molecule has 1 saturated heterocycles. The van der Waals surface area contributed by atoms with Gasteiger partial charge in [0.15, 0.2) is 0 Å². The molecule has 2 N–H and O–H groups in total. The maximum absolute atomic E-state index is 6.01. The average Bonchev–Trinajstić information content (AvgIpc) is 2.17. The predicted octanol–water partition coefficient (Wildman–Crippen LogP) is 1.10. The van der Waals surface area contributed by atoms with E-state index in [0.29, 0.717) is 6.04 Å². The molecule has 0 aliphatic carbocycles. The molecular weight excluding hydrogens is 147 g/mol. The van der Waals surface area contributed by atoms with Gasteiger partial charge in [-0.15, -0.1) is 0 Å². The Labute approximate surface area is 76.8 Å². The van der Waals surface area contributed by atoms with E-state index in [-0.39, 0.29) is 0 Å². The van der Waals surface area contributed by atoms with Crippen LogP contribution in [0.15, 0.2) is 0 Å². The molecule has 0 saturated carbocycles. The molecule has 0 aromatic carbocycles. The molecule has 1 atom stereocenters. The number of nitrogens with two attached hydrogens (primary N) is 1. The normalized spacial score (nSPS) is 23.9. The first-order chi connectivity index (χ1) is 5.77. The van der Waals surface area contributed by atoms with Gasteiger partial charge in [0.1, 0.15) is 0 Å². The summed E-state index contributed by atoms with van der Waals surface area (Å²) in [7, 11) is 2.19. The molecule has 3 heteroatoms. The lowest BCUT2D eigenvalue weighted by Crippen LogP contribution is -2.41. The highest BCUT2D eigenvalue weighted by Crippen LogP contribution is 2.20. The molecule has 1 radical (unpaired) electrons. The predicted molar refractivity (Wildman–Crippen MR) is 54.2 cm³/mol. The van der Waals surface area contributed by atoms with Crippen molar-refractivity contribution in [1.29, 1.82) is 0 Å². The number of piperidine rings is 1. The highest BCUT2D eigenvalue weighted by molar-refractivity contribution is 6.29. The molecule has 69 valence electrons. The molecule has 12 heavy (non-hydrogen) atoms. The second-order valence-electron chi connectivity index (χ2n) is 3.70. The van der Waals surface area contributed by atoms with Crippen molar-refractivity contribution in [3.63, 3.8) is 0 Å². The van der Waals surface area contributed by atoms with Gasteiger partial charge in [0.25, 0.3) is 0 Å². The molecule has 1 fully saturated rings. The Hall–Kier alpha value is -0.0151. The topological polar surface area (TPSA) is 29.3 Å². The van der Waals surface area contributed by atoms with Crippen LogP contribution >= 0.6 is 0 Å². The maximum Gasteiger partial charge on any atom is 0.205 e. The van der Waals surface area contributed by atoms with Gasteiger partial charge in [-0.1, -0.05) is 13.7 Å². The van der Waals surface area contributed by atoms with Gasteiger partial charge in [-0.3, -0.25) is 0 Å². The summed E-state index contributed by atoms with van der Waals surface area (Å²) in [6.07, 6.45) is 3.68. The zero-order valence-electron chi connectivity index (χ0n) is 8.29. The Kier molecular flexibility index (Phi) is 4.09. The van der Waals surface area contributed by atoms with Crippen molar-refractivity contribution >= 4 is 7.41 Å². The number of nitrogens with zero attached hydrogens (tertiary/aromatic N) is 1. The van der Waals surface area contributed by atoms with Crippen molar-refractivity contribution in [2.75, 3.05) is 13.1 Å². The first-order valence-corrected chi connectivity index (χ1v) is 5.07. The van der Waals surface area contributed by atoms with Crippen LogP contribution in [0.5, 0.6) is 0 Å². The maximum atomic E-state index is 6.01. The molecule has 0 bridgehead atoms. The summed E-state index contributed by atoms with van der Waals surface area (Å²) >= 11 is 0. The van der Waals surface area contributed by atoms with Crippen LogP contribution in [0.3, 0.4) is 0 Å². The van der Waals surface area contributed by atoms with Crippen LogP contribution < -0.4 is 5.73 Å². The van der Waals surface area contributed by atoms with E-state index in [4.69, 9.17) is 5.73 Å². The summed E-state index contributed by atoms with van der Waals surface area (Å²) in [5, 5.41) is 0. The third-order valence-corrected chi connectivity index (χ3v) is 3.02. The van der Waals surface area contributed by atoms with E-state index >= 15 is 0 Å². The van der Waals surface area contributed by atoms with Gasteiger partial charge in [-0.25, -0.2) is 0 Å². The van der Waals surface area contributed by atoms with Crippen LogP contribution in [0, 0.1) is 5.92 Å². The molecular formula is C9H20BN2. The van der Waals surface area contributed by atoms with E-state index in [0.717, 1.165) is 12.3 Å². The van der Waals surface area contributed by atoms with Gasteiger partial charge in [-0.2, -0.15) is 0 Å². The Morgan fingerprint density at radius 2 is 2.08 bits per heavy atom. The van der Waals surface area contributed by atoms with Gasteiger partial charge in [0, 0.05) is 6.04 Å². The van der Waals surface area contributed by atoms with Crippen molar-refractivity contribution in [3.8, 4) is 0 Å². The highest BCUT2D eigenvalue weighted by Gasteiger charge is 2.21. The minimum absolute atomic E-state index is 0.434. The molecule has 0 aromatic rings. The van der Waals surface area contributed by atoms with Crippen LogP contribution in [0.1, 0.15) is 26.2 Å². The summed E-state index contributed by atoms with van der Waals surface area (Å²) in [6, 6.07) is 0.434. The fourth-order valence-corrected chi connectivity index (χ4v) is 1.94. The SMILES string of the molecule is C[B]N1CCC(C(N)CC)CC1. The van der Waals surface area contributed by atoms with Crippen molar-refractivity contribution in [3.05, 3.63) is 0 Å². The summed E-state index contributed by atoms with van der Waals surface area (Å²) in [4.78, 5) is 2.39. The second-order valence-corrected chi connectivity index (χ2v) is 3.70. The Morgan fingerprint density at radius 3 is 2.50 bits per heavy atom. The van der Waals surface area contributed by atoms with E-state index in [1.807, 2.05) is 0 Å². The van der Waals surface area contributed by atoms with Crippen LogP contribution in [0.25, 0.3) is 0 Å². The monoisotopic (exact) mass is 167 g/mol. The van der Waals surface area contributed by atoms with E-state index in [9.17, 15) is 0 Å². The summed E-state index contributed by atoms with van der Waals surface area (Å²) in [6.45, 7) is 6.70. The Balaban J connectivity index is 2.25. The number of rotatable bonds is 3. The quantitative estimate of drug-likeness (QED) is 0.638. The molecule has 1 rings (SSSR count). The highest BCUT2D eigenvalue weighted by atomic mass is 15.0. The first kappa shape index (κ1) is 10.1. The van der Waals surface area contributed by atoms with E-state index in [1.54, 1.807) is 0 Å². The van der Waals surface area contributed by atoms with Gasteiger partial charge in [0.05, 0.1) is 0 Å². The molecule has 1 aliphatic rings. The van der Waals surface area contributed by atoms with E-state index in [1.165, 1.54) is 25.9 Å². The molecule has 1 aliphatic heterocycles. The molecule has 0 aromatic heterocycles. The van der Waals surface area contributed by atoms with Gasteiger partial charge < -0.3 is 10.5 Å². The van der Waals surface area contributed by atoms with Crippen molar-refractivity contribution in [1.82, 2.24) is 4.81 Å². The Bertz CT molecular complexity index is 122. The third kappa shape index (κ3) is 2.49. The smallest absolute Gasteiger partial charge is 0.205 e. The van der Waals surface area contributed by atoms with E-state index < -0.39 is 0 Å². The van der Waals surface area contributed by atoms with Crippen LogP contribution in [0.2, 0.25) is 6.82 Å². The second kappa shape index (κ2) is 4.88. The third-order valence-electron chi connectivity index (χ3n) is 3.02. The average molecular weight is 167 g/mol. The Morgan fingerprint density at radius 1 is 1.50 bits per heavy atom. The van der Waals surface area contributed by atoms with Crippen LogP contribution in [0.4, 0.5) is 0 Å². The molecule has 1 unspecified atom stereocenters. The van der Waals surface area contributed by atoms with Crippen LogP contribution in [-0.2, 0) is 0 Å². The molecule has 0 amide bonds. The molecule has 1 heterocycles. The number of hydrogen-bond acceptors (Lipinski definition) is 2. The fourth-order valence-electron chi connectivity index (χ4n) is 1.94. The zero-order valence-corrected chi connectivity index (χ0v) is 8.29. The lowest BCUT2D eigenvalue weighted by Gasteiger charge is -2.33. The summed E-state index contributed by atoms with van der Waals surface area (Å²) < 4.78 is 0. The van der Waals surface area contributed by atoms with Crippen LogP contribution in [-0.4, -0.2) is 31.4 Å². The number of hydrogen-bond donors (Lipinski definition) is 1. The summed E-state index contributed by atoms with van der Waals surface area (Å²) in [5.74, 6) is 0.770. The van der Waals surface area contributed by atoms with Gasteiger partial charge in [0.2, 0.25) is 7.41 Å². The zero-order chi connectivity index (χ0) is 8.97. The molecule has 0 spiro atoms. The molecule has 2 nitrogen and oxygen atoms in total. The van der Waals surface area contributed by atoms with Gasteiger partial charge >= 0.3 is 0 Å². The fraction of sp³-hybridized carbons (Fsp3) is 1.00. The largest absolute Gasteiger partial charge is 0.347 e. The minimum Gasteiger partial charge on any atom is -0.347 e. The standard InChI is InChI=1S/C9H20BN2/c1-3-9(11)8-4-6-12(10-2)7-5-8/h8-9H,3-7,11H2,1-2H3. The minimum atomic E-state index is 0.434. The lowest BCUT2D eigenvalue weighted by atomic mass is 9.84. The van der Waals surface area contributed by atoms with Crippen molar-refractivity contribution in [2.45, 2.75) is 39.1 Å². The lowest BCUT2D eigenvalue weighted by molar-refractivity contribution is 0.244. The van der Waals surface area contributed by atoms with E-state index in [2.05, 4.69) is 26.0 Å². The first-order valence-electron chi connectivity index (χ1n) is 5.07. The summed E-state index contributed by atoms with van der Waals surface area (Å²) in [5.41, 5.74) is 6.01. The van der Waals surface area contributed by atoms with Crippen molar-refractivity contribution in [2.24, 2.45) is 11.7 Å².